The minimum Gasteiger partial charge on any atom is -0.493 e. The summed E-state index contributed by atoms with van der Waals surface area (Å²) in [6.07, 6.45) is 3.51. The van der Waals surface area contributed by atoms with Gasteiger partial charge in [0.1, 0.15) is 4.90 Å². The molecule has 2 aromatic carbocycles. The normalized spacial score (nSPS) is 14.3. The molecule has 3 rings (SSSR count). The lowest BCUT2D eigenvalue weighted by Crippen LogP contribution is -2.33. The van der Waals surface area contributed by atoms with E-state index < -0.39 is 16.0 Å². The van der Waals surface area contributed by atoms with Crippen LogP contribution in [0.5, 0.6) is 11.5 Å². The first kappa shape index (κ1) is 22.9. The molecule has 31 heavy (non-hydrogen) atoms. The number of methoxy groups -OCH3 is 2. The van der Waals surface area contributed by atoms with Crippen molar-refractivity contribution >= 4 is 21.7 Å². The molecule has 1 aliphatic rings. The molecule has 0 saturated carbocycles. The molecular weight excluding hydrogens is 420 g/mol. The van der Waals surface area contributed by atoms with Gasteiger partial charge in [-0.25, -0.2) is 17.9 Å². The van der Waals surface area contributed by atoms with E-state index in [9.17, 15) is 18.3 Å². The number of sulfonamides is 1. The minimum absolute atomic E-state index is 0.00149. The molecule has 1 heterocycles. The number of piperidine rings is 1. The van der Waals surface area contributed by atoms with Gasteiger partial charge >= 0.3 is 5.97 Å². The summed E-state index contributed by atoms with van der Waals surface area (Å²) >= 11 is 0. The highest BCUT2D eigenvalue weighted by atomic mass is 32.2. The first-order valence-electron chi connectivity index (χ1n) is 10.2. The van der Waals surface area contributed by atoms with Crippen molar-refractivity contribution in [2.45, 2.75) is 30.6 Å². The van der Waals surface area contributed by atoms with Crippen LogP contribution in [0.1, 0.15) is 35.2 Å². The zero-order valence-corrected chi connectivity index (χ0v) is 18.6. The summed E-state index contributed by atoms with van der Waals surface area (Å²) in [4.78, 5) is 13.4. The van der Waals surface area contributed by atoms with Crippen molar-refractivity contribution < 1.29 is 27.8 Å². The van der Waals surface area contributed by atoms with Crippen LogP contribution in [-0.4, -0.2) is 53.3 Å². The molecule has 0 radical (unpaired) electrons. The largest absolute Gasteiger partial charge is 0.493 e. The highest BCUT2D eigenvalue weighted by molar-refractivity contribution is 7.89. The van der Waals surface area contributed by atoms with Crippen molar-refractivity contribution in [3.63, 3.8) is 0 Å². The summed E-state index contributed by atoms with van der Waals surface area (Å²) in [6.45, 7) is 1.66. The molecule has 0 amide bonds. The number of hydrogen-bond donors (Lipinski definition) is 2. The maximum absolute atomic E-state index is 13.1. The quantitative estimate of drug-likeness (QED) is 0.608. The Hall–Kier alpha value is -2.78. The Balaban J connectivity index is 1.80. The van der Waals surface area contributed by atoms with E-state index in [1.165, 1.54) is 12.1 Å². The SMILES string of the molecule is COc1ccc(CCNS(=O)(=O)c2cc(C(=O)O)ccc2N2CCCCC2)cc1OC. The van der Waals surface area contributed by atoms with E-state index >= 15 is 0 Å². The molecule has 2 aromatic rings. The molecular formula is C22H28N2O6S. The third-order valence-electron chi connectivity index (χ3n) is 5.35. The summed E-state index contributed by atoms with van der Waals surface area (Å²) in [5.41, 5.74) is 1.38. The zero-order valence-electron chi connectivity index (χ0n) is 17.8. The number of anilines is 1. The molecule has 1 aliphatic heterocycles. The Morgan fingerprint density at radius 2 is 1.74 bits per heavy atom. The molecule has 2 N–H and O–H groups in total. The molecule has 8 nitrogen and oxygen atoms in total. The summed E-state index contributed by atoms with van der Waals surface area (Å²) in [6, 6.07) is 9.71. The molecule has 0 atom stereocenters. The van der Waals surface area contributed by atoms with Crippen LogP contribution < -0.4 is 19.1 Å². The Labute approximate surface area is 182 Å². The summed E-state index contributed by atoms with van der Waals surface area (Å²) < 4.78 is 39.3. The molecule has 0 unspecified atom stereocenters. The predicted octanol–water partition coefficient (Wildman–Crippen LogP) is 2.91. The minimum atomic E-state index is -3.91. The number of nitrogens with zero attached hydrogens (tertiary/aromatic N) is 1. The van der Waals surface area contributed by atoms with Crippen LogP contribution in [0.15, 0.2) is 41.3 Å². The molecule has 1 fully saturated rings. The van der Waals surface area contributed by atoms with Gasteiger partial charge in [-0.3, -0.25) is 0 Å². The van der Waals surface area contributed by atoms with Crippen LogP contribution in [0, 0.1) is 0 Å². The van der Waals surface area contributed by atoms with Gasteiger partial charge in [0.2, 0.25) is 10.0 Å². The number of hydrogen-bond acceptors (Lipinski definition) is 6. The molecule has 9 heteroatoms. The third kappa shape index (κ3) is 5.48. The van der Waals surface area contributed by atoms with Crippen molar-refractivity contribution in [2.75, 3.05) is 38.8 Å². The van der Waals surface area contributed by atoms with Gasteiger partial charge in [-0.1, -0.05) is 6.07 Å². The number of carbonyl (C=O) groups is 1. The number of aromatic carboxylic acids is 1. The fourth-order valence-electron chi connectivity index (χ4n) is 3.70. The van der Waals surface area contributed by atoms with E-state index in [4.69, 9.17) is 9.47 Å². The molecule has 1 saturated heterocycles. The van der Waals surface area contributed by atoms with Gasteiger partial charge in [0.25, 0.3) is 0 Å². The van der Waals surface area contributed by atoms with Crippen molar-refractivity contribution in [3.05, 3.63) is 47.5 Å². The van der Waals surface area contributed by atoms with Crippen LogP contribution in [0.2, 0.25) is 0 Å². The number of carboxylic acids is 1. The van der Waals surface area contributed by atoms with E-state index in [0.717, 1.165) is 37.9 Å². The second kappa shape index (κ2) is 10.0. The fraction of sp³-hybridized carbons (Fsp3) is 0.409. The highest BCUT2D eigenvalue weighted by Gasteiger charge is 2.24. The van der Waals surface area contributed by atoms with Gasteiger partial charge in [0.15, 0.2) is 11.5 Å². The molecule has 168 valence electrons. The standard InChI is InChI=1S/C22H28N2O6S/c1-29-19-9-6-16(14-20(19)30-2)10-11-23-31(27,28)21-15-17(22(25)26)7-8-18(21)24-12-4-3-5-13-24/h6-9,14-15,23H,3-5,10-13H2,1-2H3,(H,25,26). The van der Waals surface area contributed by atoms with Crippen molar-refractivity contribution in [1.82, 2.24) is 4.72 Å². The first-order valence-corrected chi connectivity index (χ1v) is 11.7. The second-order valence-corrected chi connectivity index (χ2v) is 9.11. The Morgan fingerprint density at radius 3 is 2.39 bits per heavy atom. The van der Waals surface area contributed by atoms with Crippen molar-refractivity contribution in [1.29, 1.82) is 0 Å². The lowest BCUT2D eigenvalue weighted by molar-refractivity contribution is 0.0696. The van der Waals surface area contributed by atoms with Gasteiger partial charge < -0.3 is 19.5 Å². The van der Waals surface area contributed by atoms with Gasteiger partial charge in [-0.2, -0.15) is 0 Å². The number of ether oxygens (including phenoxy) is 2. The van der Waals surface area contributed by atoms with E-state index in [0.29, 0.717) is 23.6 Å². The molecule has 0 bridgehead atoms. The van der Waals surface area contributed by atoms with Gasteiger partial charge in [-0.15, -0.1) is 0 Å². The van der Waals surface area contributed by atoms with Crippen LogP contribution in [0.3, 0.4) is 0 Å². The van der Waals surface area contributed by atoms with E-state index in [2.05, 4.69) is 4.72 Å². The second-order valence-electron chi connectivity index (χ2n) is 7.37. The number of nitrogens with one attached hydrogen (secondary N) is 1. The summed E-state index contributed by atoms with van der Waals surface area (Å²) in [7, 11) is -0.810. The summed E-state index contributed by atoms with van der Waals surface area (Å²) in [5, 5.41) is 9.34. The predicted molar refractivity (Wildman–Crippen MR) is 118 cm³/mol. The monoisotopic (exact) mass is 448 g/mol. The van der Waals surface area contributed by atoms with Crippen LogP contribution >= 0.6 is 0 Å². The maximum atomic E-state index is 13.1. The number of rotatable bonds is 9. The topological polar surface area (TPSA) is 105 Å². The molecule has 0 spiro atoms. The number of carboxylic acid groups (broad SMARTS) is 1. The van der Waals surface area contributed by atoms with Gasteiger partial charge in [0.05, 0.1) is 25.5 Å². The van der Waals surface area contributed by atoms with Crippen LogP contribution in [-0.2, 0) is 16.4 Å². The average molecular weight is 449 g/mol. The lowest BCUT2D eigenvalue weighted by Gasteiger charge is -2.30. The highest BCUT2D eigenvalue weighted by Crippen LogP contribution is 2.30. The Bertz CT molecular complexity index is 1030. The average Bonchev–Trinajstić information content (AvgIpc) is 2.79. The number of benzene rings is 2. The first-order chi connectivity index (χ1) is 14.9. The fourth-order valence-corrected chi connectivity index (χ4v) is 4.98. The van der Waals surface area contributed by atoms with Crippen LogP contribution in [0.25, 0.3) is 0 Å². The van der Waals surface area contributed by atoms with Crippen molar-refractivity contribution in [2.24, 2.45) is 0 Å². The molecule has 0 aliphatic carbocycles. The van der Waals surface area contributed by atoms with Gasteiger partial charge in [0, 0.05) is 19.6 Å². The Kier molecular flexibility index (Phi) is 7.40. The Morgan fingerprint density at radius 1 is 1.03 bits per heavy atom. The van der Waals surface area contributed by atoms with E-state index in [-0.39, 0.29) is 17.0 Å². The van der Waals surface area contributed by atoms with E-state index in [1.54, 1.807) is 32.4 Å². The maximum Gasteiger partial charge on any atom is 0.335 e. The van der Waals surface area contributed by atoms with Gasteiger partial charge in [-0.05, 0) is 61.6 Å². The zero-order chi connectivity index (χ0) is 22.4. The lowest BCUT2D eigenvalue weighted by atomic mass is 10.1. The molecule has 0 aromatic heterocycles. The van der Waals surface area contributed by atoms with Crippen LogP contribution in [0.4, 0.5) is 5.69 Å². The third-order valence-corrected chi connectivity index (χ3v) is 6.84. The summed E-state index contributed by atoms with van der Waals surface area (Å²) in [5.74, 6) is 0.0138. The van der Waals surface area contributed by atoms with E-state index in [1.807, 2.05) is 11.0 Å². The van der Waals surface area contributed by atoms with Crippen molar-refractivity contribution in [3.8, 4) is 11.5 Å². The smallest absolute Gasteiger partial charge is 0.335 e.